The number of aliphatic hydroxyl groups excluding tert-OH is 4. The second-order valence-electron chi connectivity index (χ2n) is 17.2. The molecule has 1 fully saturated rings. The first kappa shape index (κ1) is 57.9. The summed E-state index contributed by atoms with van der Waals surface area (Å²) < 4.78 is 22.9. The Morgan fingerprint density at radius 2 is 0.984 bits per heavy atom. The summed E-state index contributed by atoms with van der Waals surface area (Å²) in [4.78, 5) is 12.8. The maximum Gasteiger partial charge on any atom is 0.306 e. The lowest BCUT2D eigenvalue weighted by Crippen LogP contribution is -2.59. The molecular weight excluding hydrogens is 781 g/mol. The summed E-state index contributed by atoms with van der Waals surface area (Å²) in [6.45, 7) is 4.43. The summed E-state index contributed by atoms with van der Waals surface area (Å²) >= 11 is 0. The monoisotopic (exact) mass is 875 g/mol. The fraction of sp³-hybridized carbons (Fsp3) is 0.792. The normalized spacial score (nSPS) is 20.3. The average Bonchev–Trinajstić information content (AvgIpc) is 3.27. The molecular formula is C53H94O9. The van der Waals surface area contributed by atoms with Crippen molar-refractivity contribution in [1.29, 1.82) is 0 Å². The molecule has 9 nitrogen and oxygen atoms in total. The number of aliphatic hydroxyl groups is 4. The van der Waals surface area contributed by atoms with Crippen molar-refractivity contribution in [2.24, 2.45) is 0 Å². The van der Waals surface area contributed by atoms with E-state index in [9.17, 15) is 25.2 Å². The van der Waals surface area contributed by atoms with Crippen molar-refractivity contribution in [3.8, 4) is 0 Å². The van der Waals surface area contributed by atoms with E-state index in [4.69, 9.17) is 18.9 Å². The van der Waals surface area contributed by atoms with Crippen molar-refractivity contribution in [2.75, 3.05) is 26.4 Å². The molecule has 9 heteroatoms. The minimum Gasteiger partial charge on any atom is -0.457 e. The van der Waals surface area contributed by atoms with Crippen LogP contribution in [0.15, 0.2) is 60.8 Å². The van der Waals surface area contributed by atoms with Crippen LogP contribution in [0.3, 0.4) is 0 Å². The molecule has 0 bridgehead atoms. The van der Waals surface area contributed by atoms with Gasteiger partial charge in [-0.25, -0.2) is 0 Å². The van der Waals surface area contributed by atoms with Gasteiger partial charge in [-0.1, -0.05) is 184 Å². The second kappa shape index (κ2) is 44.1. The van der Waals surface area contributed by atoms with Gasteiger partial charge in [0, 0.05) is 13.0 Å². The first-order chi connectivity index (χ1) is 30.4. The lowest BCUT2D eigenvalue weighted by Gasteiger charge is -2.39. The molecule has 0 aliphatic carbocycles. The van der Waals surface area contributed by atoms with Crippen LogP contribution in [0.1, 0.15) is 206 Å². The molecule has 6 atom stereocenters. The van der Waals surface area contributed by atoms with Crippen molar-refractivity contribution < 1.29 is 44.2 Å². The van der Waals surface area contributed by atoms with Crippen LogP contribution in [0.2, 0.25) is 0 Å². The van der Waals surface area contributed by atoms with E-state index in [0.29, 0.717) is 13.0 Å². The number of allylic oxidation sites excluding steroid dienone is 10. The summed E-state index contributed by atoms with van der Waals surface area (Å²) in [7, 11) is 0. The first-order valence-electron chi connectivity index (χ1n) is 25.4. The lowest BCUT2D eigenvalue weighted by molar-refractivity contribution is -0.305. The Bertz CT molecular complexity index is 1130. The topological polar surface area (TPSA) is 135 Å². The predicted molar refractivity (Wildman–Crippen MR) is 256 cm³/mol. The van der Waals surface area contributed by atoms with E-state index in [1.54, 1.807) is 0 Å². The number of rotatable bonds is 43. The number of carbonyl (C=O) groups is 1. The molecule has 0 saturated carbocycles. The maximum absolute atomic E-state index is 12.8. The van der Waals surface area contributed by atoms with Gasteiger partial charge in [0.1, 0.15) is 30.5 Å². The van der Waals surface area contributed by atoms with Crippen molar-refractivity contribution in [3.05, 3.63) is 60.8 Å². The fourth-order valence-corrected chi connectivity index (χ4v) is 7.48. The highest BCUT2D eigenvalue weighted by molar-refractivity contribution is 5.69. The molecule has 1 aliphatic heterocycles. The van der Waals surface area contributed by atoms with Gasteiger partial charge in [0.15, 0.2) is 6.29 Å². The van der Waals surface area contributed by atoms with Crippen LogP contribution < -0.4 is 0 Å². The summed E-state index contributed by atoms with van der Waals surface area (Å²) in [5, 5.41) is 40.2. The standard InChI is InChI=1S/C53H94O9/c1-3-5-7-9-11-13-15-17-19-21-23-25-27-29-31-33-35-37-39-41-43-59-45-47(46-60-53-52(58)51(57)50(56)48(44-54)62-53)61-49(55)42-40-38-36-34-32-30-28-26-24-22-20-18-16-14-12-10-8-6-4-2/h5,7,11,13,17-20,23,25,47-48,50-54,56-58H,3-4,6,8-10,12,14-16,21-22,24,26-46H2,1-2H3/b7-5-,13-11-,19-17-,20-18-,25-23-. The zero-order valence-corrected chi connectivity index (χ0v) is 39.6. The van der Waals surface area contributed by atoms with Crippen LogP contribution in [0.5, 0.6) is 0 Å². The van der Waals surface area contributed by atoms with Gasteiger partial charge in [0.25, 0.3) is 0 Å². The van der Waals surface area contributed by atoms with Gasteiger partial charge < -0.3 is 39.4 Å². The van der Waals surface area contributed by atoms with Gasteiger partial charge in [0.05, 0.1) is 19.8 Å². The second-order valence-corrected chi connectivity index (χ2v) is 17.2. The molecule has 0 aromatic heterocycles. The zero-order valence-electron chi connectivity index (χ0n) is 39.6. The lowest BCUT2D eigenvalue weighted by atomic mass is 9.99. The minimum atomic E-state index is -1.54. The highest BCUT2D eigenvalue weighted by Crippen LogP contribution is 2.23. The third-order valence-electron chi connectivity index (χ3n) is 11.4. The van der Waals surface area contributed by atoms with Crippen LogP contribution in [-0.4, -0.2) is 89.6 Å². The molecule has 0 spiro atoms. The molecule has 0 amide bonds. The third-order valence-corrected chi connectivity index (χ3v) is 11.4. The van der Waals surface area contributed by atoms with E-state index in [1.165, 1.54) is 116 Å². The van der Waals surface area contributed by atoms with Crippen LogP contribution in [0.4, 0.5) is 0 Å². The van der Waals surface area contributed by atoms with E-state index in [1.807, 2.05) is 0 Å². The van der Waals surface area contributed by atoms with Gasteiger partial charge >= 0.3 is 5.97 Å². The SMILES string of the molecule is CC/C=C\C/C=C\C/C=C\C/C=C\CCCCCCCCCOCC(COC1OC(CO)C(O)C(O)C1O)OC(=O)CCCCCCCCCCC/C=C\CCCCCCCC. The number of carbonyl (C=O) groups excluding carboxylic acids is 1. The van der Waals surface area contributed by atoms with E-state index < -0.39 is 43.4 Å². The summed E-state index contributed by atoms with van der Waals surface area (Å²) in [5.74, 6) is -0.320. The molecule has 0 aromatic rings. The van der Waals surface area contributed by atoms with E-state index in [-0.39, 0.29) is 19.2 Å². The van der Waals surface area contributed by atoms with Gasteiger partial charge in [0.2, 0.25) is 0 Å². The molecule has 0 radical (unpaired) electrons. The number of hydrogen-bond donors (Lipinski definition) is 4. The molecule has 0 aromatic carbocycles. The van der Waals surface area contributed by atoms with E-state index >= 15 is 0 Å². The number of ether oxygens (including phenoxy) is 4. The predicted octanol–water partition coefficient (Wildman–Crippen LogP) is 12.3. The molecule has 1 heterocycles. The third kappa shape index (κ3) is 34.3. The number of unbranched alkanes of at least 4 members (excludes halogenated alkanes) is 22. The van der Waals surface area contributed by atoms with Gasteiger partial charge in [-0.2, -0.15) is 0 Å². The Hall–Kier alpha value is -2.11. The number of esters is 1. The molecule has 1 aliphatic rings. The Balaban J connectivity index is 2.23. The van der Waals surface area contributed by atoms with Crippen LogP contribution in [-0.2, 0) is 23.7 Å². The molecule has 62 heavy (non-hydrogen) atoms. The van der Waals surface area contributed by atoms with Crippen LogP contribution >= 0.6 is 0 Å². The minimum absolute atomic E-state index is 0.120. The highest BCUT2D eigenvalue weighted by Gasteiger charge is 2.44. The Labute approximate surface area is 379 Å². The molecule has 1 rings (SSSR count). The summed E-state index contributed by atoms with van der Waals surface area (Å²) in [6.07, 6.45) is 49.6. The van der Waals surface area contributed by atoms with Crippen molar-refractivity contribution in [2.45, 2.75) is 243 Å². The van der Waals surface area contributed by atoms with Crippen molar-refractivity contribution in [1.82, 2.24) is 0 Å². The van der Waals surface area contributed by atoms with Crippen molar-refractivity contribution in [3.63, 3.8) is 0 Å². The highest BCUT2D eigenvalue weighted by atomic mass is 16.7. The Kier molecular flexibility index (Phi) is 41.2. The molecule has 4 N–H and O–H groups in total. The first-order valence-corrected chi connectivity index (χ1v) is 25.4. The van der Waals surface area contributed by atoms with Gasteiger partial charge in [-0.05, 0) is 77.0 Å². The smallest absolute Gasteiger partial charge is 0.306 e. The van der Waals surface area contributed by atoms with Crippen LogP contribution in [0.25, 0.3) is 0 Å². The molecule has 1 saturated heterocycles. The van der Waals surface area contributed by atoms with Crippen LogP contribution in [0, 0.1) is 0 Å². The van der Waals surface area contributed by atoms with E-state index in [2.05, 4.69) is 74.6 Å². The molecule has 360 valence electrons. The molecule has 6 unspecified atom stereocenters. The quantitative estimate of drug-likeness (QED) is 0.0268. The maximum atomic E-state index is 12.8. The Morgan fingerprint density at radius 1 is 0.532 bits per heavy atom. The largest absolute Gasteiger partial charge is 0.457 e. The van der Waals surface area contributed by atoms with Gasteiger partial charge in [-0.3, -0.25) is 4.79 Å². The fourth-order valence-electron chi connectivity index (χ4n) is 7.48. The summed E-state index contributed by atoms with van der Waals surface area (Å²) in [6, 6.07) is 0. The average molecular weight is 875 g/mol. The van der Waals surface area contributed by atoms with Gasteiger partial charge in [-0.15, -0.1) is 0 Å². The van der Waals surface area contributed by atoms with Crippen molar-refractivity contribution >= 4 is 5.97 Å². The number of hydrogen-bond acceptors (Lipinski definition) is 9. The van der Waals surface area contributed by atoms with E-state index in [0.717, 1.165) is 70.6 Å². The zero-order chi connectivity index (χ0) is 45.0. The Morgan fingerprint density at radius 3 is 1.50 bits per heavy atom. The summed E-state index contributed by atoms with van der Waals surface area (Å²) in [5.41, 5.74) is 0.